The molecule has 26 heavy (non-hydrogen) atoms. The minimum atomic E-state index is -0.705. The smallest absolute Gasteiger partial charge is 0.305 e. The topological polar surface area (TPSA) is 136 Å². The zero-order valence-electron chi connectivity index (χ0n) is 14.6. The number of nitrogens with zero attached hydrogens (tertiary/aromatic N) is 3. The summed E-state index contributed by atoms with van der Waals surface area (Å²) >= 11 is 0. The number of hydrogen-bond acceptors (Lipinski definition) is 7. The number of aromatic nitrogens is 4. The number of nitrogens with two attached hydrogens (primary N) is 1. The number of imidazole rings is 1. The number of ether oxygens (including phenoxy) is 1. The second-order valence-corrected chi connectivity index (χ2v) is 6.56. The maximum Gasteiger partial charge on any atom is 0.305 e. The normalized spacial score (nSPS) is 22.8. The Labute approximate surface area is 149 Å². The Hall–Kier alpha value is -2.68. The summed E-state index contributed by atoms with van der Waals surface area (Å²) in [4.78, 5) is 34.3. The third-order valence-corrected chi connectivity index (χ3v) is 4.78. The van der Waals surface area contributed by atoms with Crippen LogP contribution in [0.25, 0.3) is 11.2 Å². The van der Waals surface area contributed by atoms with Crippen LogP contribution in [0.1, 0.15) is 38.6 Å². The van der Waals surface area contributed by atoms with Crippen LogP contribution in [-0.4, -0.2) is 43.3 Å². The molecule has 3 atom stereocenters. The van der Waals surface area contributed by atoms with Crippen LogP contribution in [0.4, 0.5) is 5.95 Å². The van der Waals surface area contributed by atoms with Crippen LogP contribution in [0.3, 0.4) is 0 Å². The Bertz CT molecular complexity index is 887. The van der Waals surface area contributed by atoms with Gasteiger partial charge in [0, 0.05) is 12.3 Å². The second-order valence-electron chi connectivity index (χ2n) is 6.56. The number of H-pyrrole nitrogens is 1. The first kappa shape index (κ1) is 18.1. The number of anilines is 1. The molecule has 2 aromatic rings. The molecule has 0 aliphatic heterocycles. The molecule has 9 heteroatoms. The molecule has 1 aliphatic rings. The fraction of sp³-hybridized carbons (Fsp3) is 0.529. The van der Waals surface area contributed by atoms with Crippen molar-refractivity contribution < 1.29 is 14.6 Å². The van der Waals surface area contributed by atoms with Crippen molar-refractivity contribution >= 4 is 23.1 Å². The second kappa shape index (κ2) is 7.28. The van der Waals surface area contributed by atoms with E-state index in [4.69, 9.17) is 10.5 Å². The first-order chi connectivity index (χ1) is 12.4. The third-order valence-electron chi connectivity index (χ3n) is 4.78. The monoisotopic (exact) mass is 361 g/mol. The number of fused-ring (bicyclic) bond motifs is 1. The van der Waals surface area contributed by atoms with Crippen LogP contribution >= 0.6 is 0 Å². The largest absolute Gasteiger partial charge is 0.465 e. The van der Waals surface area contributed by atoms with E-state index in [1.165, 1.54) is 6.33 Å². The molecule has 4 N–H and O–H groups in total. The van der Waals surface area contributed by atoms with Crippen molar-refractivity contribution in [1.29, 1.82) is 0 Å². The molecule has 2 heterocycles. The number of rotatable bonds is 6. The highest BCUT2D eigenvalue weighted by atomic mass is 16.5. The zero-order valence-corrected chi connectivity index (χ0v) is 14.6. The lowest BCUT2D eigenvalue weighted by Crippen LogP contribution is -2.22. The molecule has 3 rings (SSSR count). The number of hydrogen-bond donors (Lipinski definition) is 3. The van der Waals surface area contributed by atoms with Gasteiger partial charge in [-0.15, -0.1) is 0 Å². The summed E-state index contributed by atoms with van der Waals surface area (Å²) in [6.45, 7) is 6.16. The number of esters is 1. The van der Waals surface area contributed by atoms with Gasteiger partial charge in [0.2, 0.25) is 5.95 Å². The molecule has 140 valence electrons. The Kier molecular flexibility index (Phi) is 5.08. The van der Waals surface area contributed by atoms with Crippen LogP contribution in [0.15, 0.2) is 23.3 Å². The standard InChI is InChI=1S/C17H23N5O4/c1-3-4-5-13(24)26-7-10-9(2)11(6-12(10)23)22-8-19-14-15(22)20-17(18)21-16(14)25/h8,10-12,23H,2-7H2,1H3,(H3,18,20,21,25). The van der Waals surface area contributed by atoms with Crippen molar-refractivity contribution in [3.05, 3.63) is 28.8 Å². The maximum absolute atomic E-state index is 11.9. The fourth-order valence-corrected chi connectivity index (χ4v) is 3.30. The van der Waals surface area contributed by atoms with Gasteiger partial charge in [-0.05, 0) is 18.4 Å². The van der Waals surface area contributed by atoms with E-state index in [1.807, 2.05) is 6.92 Å². The molecule has 1 aliphatic carbocycles. The highest BCUT2D eigenvalue weighted by Gasteiger charge is 2.39. The quantitative estimate of drug-likeness (QED) is 0.514. The van der Waals surface area contributed by atoms with E-state index in [0.29, 0.717) is 24.1 Å². The lowest BCUT2D eigenvalue weighted by atomic mass is 10.0. The van der Waals surface area contributed by atoms with Gasteiger partial charge in [-0.1, -0.05) is 19.9 Å². The number of nitrogens with one attached hydrogen (secondary N) is 1. The first-order valence-corrected chi connectivity index (χ1v) is 8.67. The van der Waals surface area contributed by atoms with Gasteiger partial charge < -0.3 is 20.1 Å². The molecule has 0 aromatic carbocycles. The molecule has 0 spiro atoms. The zero-order chi connectivity index (χ0) is 18.8. The summed E-state index contributed by atoms with van der Waals surface area (Å²) < 4.78 is 6.97. The number of unbranched alkanes of at least 4 members (excludes halogenated alkanes) is 1. The number of aliphatic hydroxyl groups is 1. The van der Waals surface area contributed by atoms with Gasteiger partial charge in [0.05, 0.1) is 18.5 Å². The van der Waals surface area contributed by atoms with Gasteiger partial charge in [-0.25, -0.2) is 4.98 Å². The lowest BCUT2D eigenvalue weighted by molar-refractivity contribution is -0.145. The molecular weight excluding hydrogens is 338 g/mol. The molecular formula is C17H23N5O4. The number of nitrogen functional groups attached to an aromatic ring is 1. The molecule has 1 fully saturated rings. The lowest BCUT2D eigenvalue weighted by Gasteiger charge is -2.17. The average Bonchev–Trinajstić information content (AvgIpc) is 3.12. The van der Waals surface area contributed by atoms with E-state index in [-0.39, 0.29) is 36.0 Å². The van der Waals surface area contributed by atoms with Crippen LogP contribution in [-0.2, 0) is 9.53 Å². The van der Waals surface area contributed by atoms with Crippen LogP contribution in [0, 0.1) is 5.92 Å². The van der Waals surface area contributed by atoms with Gasteiger partial charge >= 0.3 is 5.97 Å². The molecule has 0 bridgehead atoms. The fourth-order valence-electron chi connectivity index (χ4n) is 3.30. The van der Waals surface area contributed by atoms with E-state index < -0.39 is 11.7 Å². The molecule has 0 amide bonds. The molecule has 2 aromatic heterocycles. The minimum Gasteiger partial charge on any atom is -0.465 e. The predicted octanol–water partition coefficient (Wildman–Crippen LogP) is 0.913. The van der Waals surface area contributed by atoms with Gasteiger partial charge in [-0.3, -0.25) is 14.6 Å². The predicted molar refractivity (Wildman–Crippen MR) is 95.3 cm³/mol. The van der Waals surface area contributed by atoms with Crippen LogP contribution in [0.2, 0.25) is 0 Å². The molecule has 3 unspecified atom stereocenters. The maximum atomic E-state index is 11.9. The molecule has 1 saturated carbocycles. The van der Waals surface area contributed by atoms with Gasteiger partial charge in [0.1, 0.15) is 6.61 Å². The third kappa shape index (κ3) is 3.34. The summed E-state index contributed by atoms with van der Waals surface area (Å²) in [5.41, 5.74) is 6.43. The van der Waals surface area contributed by atoms with E-state index in [1.54, 1.807) is 4.57 Å². The SMILES string of the molecule is C=C1C(COC(=O)CCCC)C(O)CC1n1cnc2c(=O)[nH]c(N)nc21. The van der Waals surface area contributed by atoms with Crippen LogP contribution in [0.5, 0.6) is 0 Å². The Morgan fingerprint density at radius 2 is 2.35 bits per heavy atom. The summed E-state index contributed by atoms with van der Waals surface area (Å²) in [6, 6.07) is -0.303. The number of aliphatic hydroxyl groups excluding tert-OH is 1. The highest BCUT2D eigenvalue weighted by molar-refractivity contribution is 5.71. The van der Waals surface area contributed by atoms with E-state index >= 15 is 0 Å². The van der Waals surface area contributed by atoms with Gasteiger partial charge in [0.15, 0.2) is 11.2 Å². The number of carbonyl (C=O) groups is 1. The van der Waals surface area contributed by atoms with E-state index in [0.717, 1.165) is 12.8 Å². The van der Waals surface area contributed by atoms with Gasteiger partial charge in [0.25, 0.3) is 5.56 Å². The number of carbonyl (C=O) groups excluding carboxylic acids is 1. The van der Waals surface area contributed by atoms with Gasteiger partial charge in [-0.2, -0.15) is 4.98 Å². The molecule has 9 nitrogen and oxygen atoms in total. The summed E-state index contributed by atoms with van der Waals surface area (Å²) in [5.74, 6) is -0.651. The number of aromatic amines is 1. The van der Waals surface area contributed by atoms with Crippen molar-refractivity contribution in [3.8, 4) is 0 Å². The van der Waals surface area contributed by atoms with Crippen molar-refractivity contribution in [2.45, 2.75) is 44.8 Å². The first-order valence-electron chi connectivity index (χ1n) is 8.67. The van der Waals surface area contributed by atoms with Crippen LogP contribution < -0.4 is 11.3 Å². The van der Waals surface area contributed by atoms with Crippen molar-refractivity contribution in [2.75, 3.05) is 12.3 Å². The van der Waals surface area contributed by atoms with E-state index in [9.17, 15) is 14.7 Å². The summed E-state index contributed by atoms with van der Waals surface area (Å²) in [6.07, 6.45) is 3.22. The Morgan fingerprint density at radius 1 is 1.58 bits per heavy atom. The summed E-state index contributed by atoms with van der Waals surface area (Å²) in [7, 11) is 0. The molecule has 0 radical (unpaired) electrons. The summed E-state index contributed by atoms with van der Waals surface area (Å²) in [5, 5.41) is 10.4. The Balaban J connectivity index is 1.78. The van der Waals surface area contributed by atoms with Crippen molar-refractivity contribution in [1.82, 2.24) is 19.5 Å². The van der Waals surface area contributed by atoms with E-state index in [2.05, 4.69) is 21.5 Å². The highest BCUT2D eigenvalue weighted by Crippen LogP contribution is 2.40. The minimum absolute atomic E-state index is 0.00480. The van der Waals surface area contributed by atoms with Crippen molar-refractivity contribution in [3.63, 3.8) is 0 Å². The van der Waals surface area contributed by atoms with Crippen molar-refractivity contribution in [2.24, 2.45) is 5.92 Å². The molecule has 0 saturated heterocycles. The Morgan fingerprint density at radius 3 is 3.08 bits per heavy atom. The average molecular weight is 361 g/mol.